The number of rotatable bonds is 3. The van der Waals surface area contributed by atoms with E-state index < -0.39 is 18.7 Å². The number of pyridine rings is 1. The van der Waals surface area contributed by atoms with Crippen molar-refractivity contribution < 1.29 is 22.8 Å². The number of hydrogen-bond acceptors (Lipinski definition) is 10. The van der Waals surface area contributed by atoms with Crippen LogP contribution in [0, 0.1) is 5.82 Å². The molecule has 3 N–H and O–H groups in total. The van der Waals surface area contributed by atoms with Crippen LogP contribution in [-0.4, -0.2) is 49.7 Å². The van der Waals surface area contributed by atoms with E-state index in [1.807, 2.05) is 5.32 Å². The topological polar surface area (TPSA) is 141 Å². The summed E-state index contributed by atoms with van der Waals surface area (Å²) in [7, 11) is 3.18. The molecule has 184 valence electrons. The Balaban J connectivity index is 1.68. The number of anilines is 4. The maximum Gasteiger partial charge on any atom is 0.256 e. The molecule has 4 aromatic rings. The molecule has 4 heterocycles. The van der Waals surface area contributed by atoms with Gasteiger partial charge in [0.2, 0.25) is 5.95 Å². The fourth-order valence-corrected chi connectivity index (χ4v) is 3.69. The summed E-state index contributed by atoms with van der Waals surface area (Å²) >= 11 is 0. The molecular weight excluding hydrogens is 469 g/mol. The fraction of sp³-hybridized carbons (Fsp3) is 0.217. The quantitative estimate of drug-likeness (QED) is 0.389. The maximum atomic E-state index is 14.3. The second-order valence-electron chi connectivity index (χ2n) is 7.78. The van der Waals surface area contributed by atoms with Gasteiger partial charge in [0.25, 0.3) is 5.91 Å². The summed E-state index contributed by atoms with van der Waals surface area (Å²) in [6.07, 6.45) is 2.68. The molecule has 0 radical (unpaired) electrons. The van der Waals surface area contributed by atoms with E-state index in [0.29, 0.717) is 34.1 Å². The van der Waals surface area contributed by atoms with E-state index in [-0.39, 0.29) is 36.4 Å². The van der Waals surface area contributed by atoms with Crippen molar-refractivity contribution in [2.24, 2.45) is 7.05 Å². The molecular formula is C23H22FN9O3. The Bertz CT molecular complexity index is 1560. The van der Waals surface area contributed by atoms with Crippen LogP contribution in [0.15, 0.2) is 36.8 Å². The molecule has 13 heteroatoms. The number of carbonyl (C=O) groups is 1. The molecule has 36 heavy (non-hydrogen) atoms. The number of carbonyl (C=O) groups excluding carboxylic acids is 1. The highest BCUT2D eigenvalue weighted by atomic mass is 19.1. The zero-order valence-electron chi connectivity index (χ0n) is 22.2. The number of ether oxygens (including phenoxy) is 2. The summed E-state index contributed by atoms with van der Waals surface area (Å²) in [5, 5.41) is 12.2. The highest BCUT2D eigenvalue weighted by molar-refractivity contribution is 5.99. The lowest BCUT2D eigenvalue weighted by atomic mass is 10.1. The molecule has 0 unspecified atom stereocenters. The Labute approximate surface area is 209 Å². The van der Waals surface area contributed by atoms with E-state index in [0.717, 1.165) is 12.3 Å². The molecule has 0 spiro atoms. The van der Waals surface area contributed by atoms with Gasteiger partial charge in [0.1, 0.15) is 29.3 Å². The molecule has 12 nitrogen and oxygen atoms in total. The monoisotopic (exact) mass is 494 g/mol. The minimum absolute atomic E-state index is 0.0126. The Kier molecular flexibility index (Phi) is 5.20. The van der Waals surface area contributed by atoms with Crippen LogP contribution in [0.4, 0.5) is 27.7 Å². The Morgan fingerprint density at radius 2 is 2.11 bits per heavy atom. The number of hydrogen-bond donors (Lipinski definition) is 3. The van der Waals surface area contributed by atoms with Crippen LogP contribution in [0.3, 0.4) is 0 Å². The Hall–Kier alpha value is -4.65. The molecule has 1 aliphatic rings. The lowest BCUT2D eigenvalue weighted by molar-refractivity contribution is 0.0963. The zero-order valence-corrected chi connectivity index (χ0v) is 19.2. The van der Waals surface area contributed by atoms with Gasteiger partial charge in [-0.15, -0.1) is 0 Å². The minimum Gasteiger partial charge on any atom is -0.494 e. The largest absolute Gasteiger partial charge is 0.494 e. The third kappa shape index (κ3) is 4.63. The number of aromatic nitrogens is 6. The van der Waals surface area contributed by atoms with Gasteiger partial charge in [-0.25, -0.2) is 19.3 Å². The smallest absolute Gasteiger partial charge is 0.256 e. The maximum absolute atomic E-state index is 14.3. The molecule has 0 fully saturated rings. The molecule has 0 saturated heterocycles. The van der Waals surface area contributed by atoms with Gasteiger partial charge in [0.05, 0.1) is 37.3 Å². The van der Waals surface area contributed by atoms with Gasteiger partial charge in [-0.2, -0.15) is 10.1 Å². The van der Waals surface area contributed by atoms with Crippen LogP contribution in [-0.2, 0) is 25.0 Å². The second kappa shape index (κ2) is 9.54. The van der Waals surface area contributed by atoms with Crippen LogP contribution in [0.2, 0.25) is 0 Å². The molecule has 3 aromatic heterocycles. The van der Waals surface area contributed by atoms with Crippen LogP contribution >= 0.6 is 0 Å². The van der Waals surface area contributed by atoms with E-state index in [1.165, 1.54) is 24.2 Å². The minimum atomic E-state index is -2.75. The summed E-state index contributed by atoms with van der Waals surface area (Å²) in [4.78, 5) is 30.0. The molecule has 1 aliphatic heterocycles. The first-order chi connectivity index (χ1) is 18.6. The third-order valence-electron chi connectivity index (χ3n) is 5.20. The second-order valence-corrected chi connectivity index (χ2v) is 7.78. The summed E-state index contributed by atoms with van der Waals surface area (Å²) in [6, 6.07) is 5.89. The fourth-order valence-electron chi connectivity index (χ4n) is 3.69. The van der Waals surface area contributed by atoms with Crippen molar-refractivity contribution in [3.05, 3.63) is 59.4 Å². The van der Waals surface area contributed by atoms with Crippen LogP contribution in [0.5, 0.6) is 5.75 Å². The first kappa shape index (κ1) is 19.6. The van der Waals surface area contributed by atoms with Crippen LogP contribution < -0.4 is 20.7 Å². The first-order valence-electron chi connectivity index (χ1n) is 12.1. The number of amides is 1. The number of fused-ring (bicyclic) bond motifs is 6. The van der Waals surface area contributed by atoms with Gasteiger partial charge in [0.15, 0.2) is 11.6 Å². The molecule has 5 rings (SSSR count). The number of nitrogens with one attached hydrogen (secondary N) is 3. The normalized spacial score (nSPS) is 14.2. The highest BCUT2D eigenvalue weighted by Crippen LogP contribution is 2.38. The van der Waals surface area contributed by atoms with E-state index in [2.05, 4.69) is 35.7 Å². The van der Waals surface area contributed by atoms with Crippen molar-refractivity contribution >= 4 is 29.2 Å². The van der Waals surface area contributed by atoms with E-state index in [9.17, 15) is 9.18 Å². The number of nitrogens with zero attached hydrogens (tertiary/aromatic N) is 6. The van der Waals surface area contributed by atoms with E-state index >= 15 is 0 Å². The average Bonchev–Trinajstić information content (AvgIpc) is 3.28. The SMILES string of the molecule is [2H]C([2H])([2H])NC(=O)c1cnc2nc1Nc1cc(cc(-c3ncn(C)n3)c1OC)COCc1cc(F)cc(n1)N2. The standard InChI is InChI=1S/C23H22FN9O3/c1-25-22(34)16-8-26-23-30-18-7-13(24)6-14(28-18)10-36-9-12-4-15(20-27-11-33(2)32-20)19(35-3)17(5-12)29-21(16)31-23/h4-8,11H,9-10H2,1-3H3,(H,25,34)(H2,26,28,29,30,31)/i1D3. The first-order valence-corrected chi connectivity index (χ1v) is 10.6. The Morgan fingerprint density at radius 1 is 1.22 bits per heavy atom. The van der Waals surface area contributed by atoms with Crippen molar-refractivity contribution in [1.29, 1.82) is 0 Å². The van der Waals surface area contributed by atoms with Gasteiger partial charge in [-0.1, -0.05) is 0 Å². The molecule has 6 bridgehead atoms. The third-order valence-corrected chi connectivity index (χ3v) is 5.20. The molecule has 0 atom stereocenters. The summed E-state index contributed by atoms with van der Waals surface area (Å²) in [5.74, 6) is -0.785. The number of benzene rings is 1. The van der Waals surface area contributed by atoms with Gasteiger partial charge >= 0.3 is 0 Å². The van der Waals surface area contributed by atoms with Gasteiger partial charge < -0.3 is 25.4 Å². The highest BCUT2D eigenvalue weighted by Gasteiger charge is 2.21. The summed E-state index contributed by atoms with van der Waals surface area (Å²) in [6.45, 7) is -2.64. The van der Waals surface area contributed by atoms with Gasteiger partial charge in [-0.3, -0.25) is 9.48 Å². The average molecular weight is 495 g/mol. The summed E-state index contributed by atoms with van der Waals surface area (Å²) in [5.41, 5.74) is 1.70. The van der Waals surface area contributed by atoms with E-state index in [1.54, 1.807) is 19.2 Å². The lowest BCUT2D eigenvalue weighted by Crippen LogP contribution is -2.20. The van der Waals surface area contributed by atoms with Crippen LogP contribution in [0.25, 0.3) is 11.4 Å². The summed E-state index contributed by atoms with van der Waals surface area (Å²) < 4.78 is 49.6. The number of methoxy groups -OCH3 is 1. The predicted molar refractivity (Wildman–Crippen MR) is 128 cm³/mol. The van der Waals surface area contributed by atoms with Crippen molar-refractivity contribution in [1.82, 2.24) is 35.0 Å². The predicted octanol–water partition coefficient (Wildman–Crippen LogP) is 2.69. The number of aryl methyl sites for hydroxylation is 1. The molecule has 0 saturated carbocycles. The van der Waals surface area contributed by atoms with Crippen molar-refractivity contribution in [3.8, 4) is 17.1 Å². The zero-order chi connectivity index (χ0) is 27.7. The van der Waals surface area contributed by atoms with Crippen LogP contribution in [0.1, 0.15) is 25.7 Å². The Morgan fingerprint density at radius 3 is 2.89 bits per heavy atom. The number of halogens is 1. The van der Waals surface area contributed by atoms with E-state index in [4.69, 9.17) is 13.6 Å². The van der Waals surface area contributed by atoms with Crippen molar-refractivity contribution in [2.75, 3.05) is 24.7 Å². The molecule has 1 amide bonds. The van der Waals surface area contributed by atoms with Gasteiger partial charge in [-0.05, 0) is 23.8 Å². The molecule has 1 aromatic carbocycles. The molecule has 0 aliphatic carbocycles. The van der Waals surface area contributed by atoms with Gasteiger partial charge in [0, 0.05) is 30.4 Å². The van der Waals surface area contributed by atoms with Crippen molar-refractivity contribution in [2.45, 2.75) is 13.2 Å². The van der Waals surface area contributed by atoms with Crippen molar-refractivity contribution in [3.63, 3.8) is 0 Å². The lowest BCUT2D eigenvalue weighted by Gasteiger charge is -2.18.